The van der Waals surface area contributed by atoms with Crippen molar-refractivity contribution in [3.8, 4) is 0 Å². The summed E-state index contributed by atoms with van der Waals surface area (Å²) in [7, 11) is 0. The molecular formula is C7H10F4O2. The average molecular weight is 202 g/mol. The second-order valence-corrected chi connectivity index (χ2v) is 1.69. The van der Waals surface area contributed by atoms with Crippen LogP contribution < -0.4 is 0 Å². The number of ether oxygens (including phenoxy) is 1. The van der Waals surface area contributed by atoms with Crippen LogP contribution in [-0.4, -0.2) is 24.1 Å². The third kappa shape index (κ3) is 8.87. The summed E-state index contributed by atoms with van der Waals surface area (Å²) in [5, 5.41) is 7.53. The lowest BCUT2D eigenvalue weighted by Crippen LogP contribution is -2.30. The molecule has 0 bridgehead atoms. The molecule has 0 spiro atoms. The molecule has 0 aliphatic rings. The minimum atomic E-state index is -4.24. The van der Waals surface area contributed by atoms with Gasteiger partial charge >= 0.3 is 12.3 Å². The van der Waals surface area contributed by atoms with Crippen LogP contribution in [0.5, 0.6) is 0 Å². The molecule has 2 nitrogen and oxygen atoms in total. The molecule has 0 fully saturated rings. The van der Waals surface area contributed by atoms with Crippen molar-refractivity contribution in [3.05, 3.63) is 25.7 Å². The first kappa shape index (κ1) is 14.5. The molecule has 0 aliphatic carbocycles. The van der Waals surface area contributed by atoms with E-state index in [1.807, 2.05) is 0 Å². The van der Waals surface area contributed by atoms with Crippen molar-refractivity contribution < 1.29 is 27.4 Å². The predicted octanol–water partition coefficient (Wildman–Crippen LogP) is 2.17. The molecule has 0 unspecified atom stereocenters. The normalized spacial score (nSPS) is 10.0. The van der Waals surface area contributed by atoms with Crippen LogP contribution in [-0.2, 0) is 4.74 Å². The van der Waals surface area contributed by atoms with Gasteiger partial charge in [-0.15, -0.1) is 0 Å². The van der Waals surface area contributed by atoms with Crippen LogP contribution in [0, 0.1) is 0 Å². The smallest absolute Gasteiger partial charge is 0.329 e. The molecule has 0 atom stereocenters. The van der Waals surface area contributed by atoms with Gasteiger partial charge in [-0.25, -0.2) is 8.78 Å². The van der Waals surface area contributed by atoms with Crippen LogP contribution in [0.15, 0.2) is 25.7 Å². The van der Waals surface area contributed by atoms with E-state index in [0.717, 1.165) is 0 Å². The van der Waals surface area contributed by atoms with E-state index in [9.17, 15) is 17.6 Å². The number of alkyl halides is 4. The van der Waals surface area contributed by atoms with E-state index in [1.165, 1.54) is 12.5 Å². The fraction of sp³-hybridized carbons (Fsp3) is 0.429. The van der Waals surface area contributed by atoms with E-state index in [0.29, 0.717) is 0 Å². The SMILES string of the molecule is C=COC=C.OCC(F)(F)C(F)F. The van der Waals surface area contributed by atoms with E-state index in [4.69, 9.17) is 5.11 Å². The molecule has 0 aromatic heterocycles. The number of hydrogen-bond acceptors (Lipinski definition) is 2. The number of rotatable bonds is 4. The summed E-state index contributed by atoms with van der Waals surface area (Å²) in [6.07, 6.45) is -1.15. The van der Waals surface area contributed by atoms with Crippen molar-refractivity contribution in [1.82, 2.24) is 0 Å². The molecule has 1 N–H and O–H groups in total. The second kappa shape index (κ2) is 7.60. The quantitative estimate of drug-likeness (QED) is 0.559. The molecule has 0 aromatic carbocycles. The van der Waals surface area contributed by atoms with Crippen LogP contribution in [0.3, 0.4) is 0 Å². The molecule has 13 heavy (non-hydrogen) atoms. The Bertz CT molecular complexity index is 141. The highest BCUT2D eigenvalue weighted by molar-refractivity contribution is 4.65. The highest BCUT2D eigenvalue weighted by atomic mass is 19.3. The highest BCUT2D eigenvalue weighted by Crippen LogP contribution is 2.20. The maximum Gasteiger partial charge on any atom is 0.329 e. The molecule has 0 saturated carbocycles. The summed E-state index contributed by atoms with van der Waals surface area (Å²) in [6, 6.07) is 0. The average Bonchev–Trinajstić information content (AvgIpc) is 2.07. The standard InChI is InChI=1S/C4H6O.C3H4F4O/c1-3-5-4-2;4-2(5)3(6,7)1-8/h3-4H,1-2H2;2,8H,1H2. The third-order valence-corrected chi connectivity index (χ3v) is 0.723. The van der Waals surface area contributed by atoms with Crippen molar-refractivity contribution in [2.24, 2.45) is 0 Å². The summed E-state index contributed by atoms with van der Waals surface area (Å²) in [5.74, 6) is -4.24. The largest absolute Gasteiger partial charge is 0.474 e. The van der Waals surface area contributed by atoms with Gasteiger partial charge in [0.05, 0.1) is 12.5 Å². The Kier molecular flexibility index (Phi) is 8.47. The zero-order valence-electron chi connectivity index (χ0n) is 6.72. The summed E-state index contributed by atoms with van der Waals surface area (Å²) >= 11 is 0. The Morgan fingerprint density at radius 3 is 1.69 bits per heavy atom. The first-order valence-corrected chi connectivity index (χ1v) is 3.06. The van der Waals surface area contributed by atoms with E-state index in [-0.39, 0.29) is 0 Å². The predicted molar refractivity (Wildman–Crippen MR) is 39.5 cm³/mol. The molecule has 6 heteroatoms. The first-order valence-electron chi connectivity index (χ1n) is 3.06. The zero-order valence-corrected chi connectivity index (χ0v) is 6.72. The highest BCUT2D eigenvalue weighted by Gasteiger charge is 2.39. The maximum absolute atomic E-state index is 11.3. The lowest BCUT2D eigenvalue weighted by atomic mass is 10.4. The van der Waals surface area contributed by atoms with E-state index in [1.54, 1.807) is 0 Å². The Morgan fingerprint density at radius 1 is 1.31 bits per heavy atom. The molecule has 0 radical (unpaired) electrons. The van der Waals surface area contributed by atoms with Crippen molar-refractivity contribution in [2.45, 2.75) is 12.3 Å². The van der Waals surface area contributed by atoms with Gasteiger partial charge < -0.3 is 9.84 Å². The van der Waals surface area contributed by atoms with Gasteiger partial charge in [-0.1, -0.05) is 13.2 Å². The van der Waals surface area contributed by atoms with Gasteiger partial charge in [0, 0.05) is 0 Å². The minimum absolute atomic E-state index is 1.31. The Labute approximate surface area is 73.1 Å². The van der Waals surface area contributed by atoms with Gasteiger partial charge in [0.15, 0.2) is 0 Å². The van der Waals surface area contributed by atoms with Gasteiger partial charge in [-0.3, -0.25) is 0 Å². The number of aliphatic hydroxyl groups is 1. The zero-order chi connectivity index (χ0) is 10.9. The Balaban J connectivity index is 0. The van der Waals surface area contributed by atoms with Gasteiger partial charge in [-0.2, -0.15) is 8.78 Å². The summed E-state index contributed by atoms with van der Waals surface area (Å²) in [5.41, 5.74) is 0. The molecule has 0 rings (SSSR count). The van der Waals surface area contributed by atoms with Gasteiger partial charge in [-0.05, 0) is 0 Å². The van der Waals surface area contributed by atoms with Crippen molar-refractivity contribution >= 4 is 0 Å². The van der Waals surface area contributed by atoms with Gasteiger partial charge in [0.2, 0.25) is 0 Å². The van der Waals surface area contributed by atoms with Crippen molar-refractivity contribution in [2.75, 3.05) is 6.61 Å². The first-order chi connectivity index (χ1) is 5.92. The second-order valence-electron chi connectivity index (χ2n) is 1.69. The third-order valence-electron chi connectivity index (χ3n) is 0.723. The van der Waals surface area contributed by atoms with Crippen LogP contribution in [0.4, 0.5) is 17.6 Å². The molecule has 0 aromatic rings. The summed E-state index contributed by atoms with van der Waals surface area (Å²) in [6.45, 7) is 4.71. The van der Waals surface area contributed by atoms with Gasteiger partial charge in [0.1, 0.15) is 6.61 Å². The lowest BCUT2D eigenvalue weighted by molar-refractivity contribution is -0.153. The van der Waals surface area contributed by atoms with Crippen molar-refractivity contribution in [3.63, 3.8) is 0 Å². The van der Waals surface area contributed by atoms with E-state index >= 15 is 0 Å². The van der Waals surface area contributed by atoms with E-state index < -0.39 is 19.0 Å². The molecule has 0 saturated heterocycles. The lowest BCUT2D eigenvalue weighted by Gasteiger charge is -2.09. The Morgan fingerprint density at radius 2 is 1.69 bits per heavy atom. The van der Waals surface area contributed by atoms with Crippen LogP contribution in [0.1, 0.15) is 0 Å². The van der Waals surface area contributed by atoms with Crippen LogP contribution in [0.2, 0.25) is 0 Å². The number of aliphatic hydroxyl groups excluding tert-OH is 1. The summed E-state index contributed by atoms with van der Waals surface area (Å²) < 4.78 is 48.7. The summed E-state index contributed by atoms with van der Waals surface area (Å²) in [4.78, 5) is 0. The molecule has 0 amide bonds. The number of hydrogen-bond donors (Lipinski definition) is 1. The maximum atomic E-state index is 11.3. The van der Waals surface area contributed by atoms with Gasteiger partial charge in [0.25, 0.3) is 0 Å². The molecular weight excluding hydrogens is 192 g/mol. The molecule has 78 valence electrons. The molecule has 0 aliphatic heterocycles. The van der Waals surface area contributed by atoms with Crippen LogP contribution >= 0.6 is 0 Å². The monoisotopic (exact) mass is 202 g/mol. The minimum Gasteiger partial charge on any atom is -0.474 e. The fourth-order valence-electron chi connectivity index (χ4n) is 0.137. The number of halogens is 4. The topological polar surface area (TPSA) is 29.5 Å². The van der Waals surface area contributed by atoms with Crippen molar-refractivity contribution in [1.29, 1.82) is 0 Å². The molecule has 0 heterocycles. The Hall–Kier alpha value is -1.04. The van der Waals surface area contributed by atoms with Crippen LogP contribution in [0.25, 0.3) is 0 Å². The van der Waals surface area contributed by atoms with E-state index in [2.05, 4.69) is 17.9 Å². The fourth-order valence-corrected chi connectivity index (χ4v) is 0.137.